The van der Waals surface area contributed by atoms with E-state index in [0.717, 1.165) is 0 Å². The molecule has 0 atom stereocenters. The second kappa shape index (κ2) is 9.59. The molecule has 164 valence electrons. The van der Waals surface area contributed by atoms with Gasteiger partial charge in [-0.15, -0.1) is 0 Å². The lowest BCUT2D eigenvalue weighted by atomic mass is 9.85. The summed E-state index contributed by atoms with van der Waals surface area (Å²) in [6.07, 6.45) is 1.61. The second-order valence-corrected chi connectivity index (χ2v) is 7.32. The molecule has 4 rings (SSSR count). The monoisotopic (exact) mass is 432 g/mol. The lowest BCUT2D eigenvalue weighted by Gasteiger charge is -2.29. The number of carbonyl (C=O) groups is 2. The van der Waals surface area contributed by atoms with Crippen molar-refractivity contribution in [2.75, 3.05) is 31.2 Å². The van der Waals surface area contributed by atoms with Gasteiger partial charge in [-0.2, -0.15) is 0 Å². The summed E-state index contributed by atoms with van der Waals surface area (Å²) in [4.78, 5) is 32.4. The summed E-state index contributed by atoms with van der Waals surface area (Å²) in [6, 6.07) is 20.5. The lowest BCUT2D eigenvalue weighted by molar-refractivity contribution is -0.137. The molecule has 2 aromatic carbocycles. The first kappa shape index (κ1) is 21.5. The molecule has 3 aromatic rings. The van der Waals surface area contributed by atoms with Gasteiger partial charge in [-0.1, -0.05) is 60.7 Å². The third-order valence-corrected chi connectivity index (χ3v) is 5.34. The quantitative estimate of drug-likeness (QED) is 0.530. The van der Waals surface area contributed by atoms with Crippen LogP contribution in [0.5, 0.6) is 0 Å². The first-order valence-corrected chi connectivity index (χ1v) is 10.3. The Morgan fingerprint density at radius 3 is 2.06 bits per heavy atom. The van der Waals surface area contributed by atoms with Crippen molar-refractivity contribution in [3.8, 4) is 0 Å². The second-order valence-electron chi connectivity index (χ2n) is 7.32. The molecule has 8 heteroatoms. The van der Waals surface area contributed by atoms with Gasteiger partial charge in [0.2, 0.25) is 0 Å². The lowest BCUT2D eigenvalue weighted by Crippen LogP contribution is -2.52. The third kappa shape index (κ3) is 4.32. The molecule has 1 aliphatic rings. The van der Waals surface area contributed by atoms with E-state index in [0.29, 0.717) is 48.8 Å². The van der Waals surface area contributed by atoms with Gasteiger partial charge in [0.1, 0.15) is 5.82 Å². The molecule has 1 saturated heterocycles. The maximum atomic E-state index is 13.2. The Labute approximate surface area is 185 Å². The number of ether oxygens (including phenoxy) is 1. The van der Waals surface area contributed by atoms with Crippen molar-refractivity contribution in [1.29, 1.82) is 0 Å². The van der Waals surface area contributed by atoms with Crippen LogP contribution in [0, 0.1) is 0 Å². The minimum atomic E-state index is -1.99. The molecule has 0 spiro atoms. The van der Waals surface area contributed by atoms with Gasteiger partial charge in [0.25, 0.3) is 11.8 Å². The summed E-state index contributed by atoms with van der Waals surface area (Å²) in [5, 5.41) is 11.5. The minimum Gasteiger partial charge on any atom is -0.378 e. The summed E-state index contributed by atoms with van der Waals surface area (Å²) in [5.41, 5.74) is 3.91. The highest BCUT2D eigenvalue weighted by Crippen LogP contribution is 2.29. The first-order chi connectivity index (χ1) is 15.6. The molecule has 0 bridgehead atoms. The molecule has 0 aliphatic carbocycles. The zero-order valence-electron chi connectivity index (χ0n) is 17.4. The number of nitrogens with zero attached hydrogens (tertiary/aromatic N) is 2. The van der Waals surface area contributed by atoms with Gasteiger partial charge in [-0.25, -0.2) is 4.98 Å². The van der Waals surface area contributed by atoms with Crippen LogP contribution in [0.25, 0.3) is 0 Å². The van der Waals surface area contributed by atoms with E-state index in [9.17, 15) is 14.7 Å². The zero-order chi connectivity index (χ0) is 22.4. The number of aromatic nitrogens is 1. The van der Waals surface area contributed by atoms with Crippen LogP contribution in [0.2, 0.25) is 0 Å². The number of aliphatic hydroxyl groups is 1. The average molecular weight is 432 g/mol. The normalized spacial score (nSPS) is 14.0. The van der Waals surface area contributed by atoms with E-state index in [-0.39, 0.29) is 0 Å². The highest BCUT2D eigenvalue weighted by molar-refractivity contribution is 6.00. The predicted molar refractivity (Wildman–Crippen MR) is 119 cm³/mol. The molecule has 8 nitrogen and oxygen atoms in total. The van der Waals surface area contributed by atoms with Crippen molar-refractivity contribution in [3.05, 3.63) is 95.7 Å². The topological polar surface area (TPSA) is 104 Å². The smallest absolute Gasteiger partial charge is 0.279 e. The minimum absolute atomic E-state index is 0.317. The molecule has 2 amide bonds. The van der Waals surface area contributed by atoms with Gasteiger partial charge >= 0.3 is 0 Å². The van der Waals surface area contributed by atoms with E-state index in [1.807, 2.05) is 4.90 Å². The molecule has 0 unspecified atom stereocenters. The first-order valence-electron chi connectivity index (χ1n) is 10.3. The van der Waals surface area contributed by atoms with E-state index < -0.39 is 17.4 Å². The Morgan fingerprint density at radius 1 is 0.875 bits per heavy atom. The number of amides is 2. The Kier molecular flexibility index (Phi) is 6.44. The average Bonchev–Trinajstić information content (AvgIpc) is 2.88. The number of carbonyl (C=O) groups excluding carboxylic acids is 2. The fourth-order valence-corrected chi connectivity index (χ4v) is 3.66. The van der Waals surface area contributed by atoms with Gasteiger partial charge in [-0.3, -0.25) is 20.4 Å². The van der Waals surface area contributed by atoms with Crippen molar-refractivity contribution in [3.63, 3.8) is 0 Å². The van der Waals surface area contributed by atoms with Gasteiger partial charge in [0.15, 0.2) is 5.60 Å². The van der Waals surface area contributed by atoms with Crippen LogP contribution in [0.4, 0.5) is 5.82 Å². The highest BCUT2D eigenvalue weighted by atomic mass is 16.5. The molecule has 1 aliphatic heterocycles. The van der Waals surface area contributed by atoms with Crippen LogP contribution in [-0.4, -0.2) is 48.2 Å². The van der Waals surface area contributed by atoms with Crippen molar-refractivity contribution in [2.45, 2.75) is 5.60 Å². The van der Waals surface area contributed by atoms with Gasteiger partial charge < -0.3 is 14.7 Å². The van der Waals surface area contributed by atoms with Crippen molar-refractivity contribution in [1.82, 2.24) is 15.8 Å². The van der Waals surface area contributed by atoms with Gasteiger partial charge in [-0.05, 0) is 23.3 Å². The molecular weight excluding hydrogens is 408 g/mol. The summed E-state index contributed by atoms with van der Waals surface area (Å²) >= 11 is 0. The molecule has 1 aromatic heterocycles. The SMILES string of the molecule is O=C(NNC(=O)C(O)(c1ccccc1)c1ccccc1)c1cccnc1N1CCOCC1. The Hall–Kier alpha value is -3.75. The fraction of sp³-hybridized carbons (Fsp3) is 0.208. The molecule has 2 heterocycles. The Bertz CT molecular complexity index is 1030. The maximum Gasteiger partial charge on any atom is 0.279 e. The van der Waals surface area contributed by atoms with E-state index >= 15 is 0 Å². The zero-order valence-corrected chi connectivity index (χ0v) is 17.4. The largest absolute Gasteiger partial charge is 0.378 e. The number of hydrogen-bond acceptors (Lipinski definition) is 6. The van der Waals surface area contributed by atoms with Crippen LogP contribution in [0.1, 0.15) is 21.5 Å². The molecule has 32 heavy (non-hydrogen) atoms. The van der Waals surface area contributed by atoms with Gasteiger partial charge in [0, 0.05) is 19.3 Å². The number of hydrazine groups is 1. The predicted octanol–water partition coefficient (Wildman–Crippen LogP) is 1.62. The van der Waals surface area contributed by atoms with Crippen molar-refractivity contribution >= 4 is 17.6 Å². The van der Waals surface area contributed by atoms with E-state index in [4.69, 9.17) is 4.74 Å². The number of benzene rings is 2. The molecule has 0 saturated carbocycles. The number of pyridine rings is 1. The number of anilines is 1. The number of nitrogens with one attached hydrogen (secondary N) is 2. The molecular formula is C24H24N4O4. The third-order valence-electron chi connectivity index (χ3n) is 5.34. The molecule has 1 fully saturated rings. The Morgan fingerprint density at radius 2 is 1.47 bits per heavy atom. The van der Waals surface area contributed by atoms with Crippen LogP contribution < -0.4 is 15.8 Å². The van der Waals surface area contributed by atoms with E-state index in [1.165, 1.54) is 0 Å². The standard InChI is InChI=1S/C24H24N4O4/c29-22(20-12-7-13-25-21(20)28-14-16-32-17-15-28)26-27-23(30)24(31,18-8-3-1-4-9-18)19-10-5-2-6-11-19/h1-13,31H,14-17H2,(H,26,29)(H,27,30). The van der Waals surface area contributed by atoms with Crippen molar-refractivity contribution in [2.24, 2.45) is 0 Å². The summed E-state index contributed by atoms with van der Waals surface area (Å²) < 4.78 is 5.37. The molecule has 0 radical (unpaired) electrons. The van der Waals surface area contributed by atoms with Crippen molar-refractivity contribution < 1.29 is 19.4 Å². The number of hydrogen-bond donors (Lipinski definition) is 3. The van der Waals surface area contributed by atoms with Crippen LogP contribution in [0.15, 0.2) is 79.0 Å². The number of morpholine rings is 1. The fourth-order valence-electron chi connectivity index (χ4n) is 3.66. The van der Waals surface area contributed by atoms with E-state index in [2.05, 4.69) is 15.8 Å². The van der Waals surface area contributed by atoms with Crippen LogP contribution >= 0.6 is 0 Å². The maximum absolute atomic E-state index is 13.2. The summed E-state index contributed by atoms with van der Waals surface area (Å²) in [5.74, 6) is -0.791. The summed E-state index contributed by atoms with van der Waals surface area (Å²) in [6.45, 7) is 2.34. The van der Waals surface area contributed by atoms with Crippen LogP contribution in [0.3, 0.4) is 0 Å². The summed E-state index contributed by atoms with van der Waals surface area (Å²) in [7, 11) is 0. The van der Waals surface area contributed by atoms with Crippen LogP contribution in [-0.2, 0) is 15.1 Å². The van der Waals surface area contributed by atoms with Gasteiger partial charge in [0.05, 0.1) is 18.8 Å². The Balaban J connectivity index is 1.55. The van der Waals surface area contributed by atoms with E-state index in [1.54, 1.807) is 79.0 Å². The highest BCUT2D eigenvalue weighted by Gasteiger charge is 2.40. The molecule has 3 N–H and O–H groups in total. The number of rotatable bonds is 5.